The topological polar surface area (TPSA) is 33.1 Å². The molecule has 0 amide bonds. The second-order valence-electron chi connectivity index (χ2n) is 3.45. The van der Waals surface area contributed by atoms with Gasteiger partial charge in [0.05, 0.1) is 5.03 Å². The molecule has 0 saturated heterocycles. The van der Waals surface area contributed by atoms with Gasteiger partial charge in [-0.2, -0.15) is 0 Å². The van der Waals surface area contributed by atoms with E-state index in [1.54, 1.807) is 18.0 Å². The Bertz CT molecular complexity index is 441. The number of aliphatic hydroxyl groups excluding tert-OH is 1. The zero-order chi connectivity index (χ0) is 11.4. The predicted octanol–water partition coefficient (Wildman–Crippen LogP) is 2.89. The maximum atomic E-state index is 10.1. The number of benzene rings is 1. The number of hydrogen-bond donors (Lipinski definition) is 1. The highest BCUT2D eigenvalue weighted by molar-refractivity contribution is 7.98. The molecule has 0 aliphatic rings. The van der Waals surface area contributed by atoms with Crippen LogP contribution in [0.4, 0.5) is 0 Å². The highest BCUT2D eigenvalue weighted by Gasteiger charge is 2.09. The molecule has 1 N–H and O–H groups in total. The van der Waals surface area contributed by atoms with E-state index in [-0.39, 0.29) is 0 Å². The molecule has 1 atom stereocenters. The summed E-state index contributed by atoms with van der Waals surface area (Å²) in [6.07, 6.45) is 3.11. The first-order valence-corrected chi connectivity index (χ1v) is 6.26. The van der Waals surface area contributed by atoms with Crippen molar-refractivity contribution in [2.24, 2.45) is 0 Å². The van der Waals surface area contributed by atoms with Crippen molar-refractivity contribution in [3.8, 4) is 0 Å². The van der Waals surface area contributed by atoms with Crippen LogP contribution in [0.3, 0.4) is 0 Å². The Balaban J connectivity index is 2.24. The van der Waals surface area contributed by atoms with Gasteiger partial charge in [-0.1, -0.05) is 36.4 Å². The van der Waals surface area contributed by atoms with Gasteiger partial charge >= 0.3 is 0 Å². The van der Waals surface area contributed by atoms with E-state index in [0.29, 0.717) is 0 Å². The van der Waals surface area contributed by atoms with Crippen LogP contribution < -0.4 is 0 Å². The first kappa shape index (κ1) is 11.2. The van der Waals surface area contributed by atoms with E-state index in [1.807, 2.05) is 48.7 Å². The molecule has 16 heavy (non-hydrogen) atoms. The molecule has 0 spiro atoms. The lowest BCUT2D eigenvalue weighted by molar-refractivity contribution is 0.219. The van der Waals surface area contributed by atoms with Crippen molar-refractivity contribution in [1.29, 1.82) is 0 Å². The SMILES string of the molecule is CSc1ccc(C(O)c2ccccc2)cn1. The van der Waals surface area contributed by atoms with Crippen molar-refractivity contribution in [3.63, 3.8) is 0 Å². The Hall–Kier alpha value is -1.32. The van der Waals surface area contributed by atoms with Gasteiger partial charge in [0.25, 0.3) is 0 Å². The number of rotatable bonds is 3. The summed E-state index contributed by atoms with van der Waals surface area (Å²) in [4.78, 5) is 4.25. The summed E-state index contributed by atoms with van der Waals surface area (Å²) < 4.78 is 0. The Kier molecular flexibility index (Phi) is 3.59. The second kappa shape index (κ2) is 5.14. The van der Waals surface area contributed by atoms with Crippen molar-refractivity contribution in [2.75, 3.05) is 6.26 Å². The predicted molar refractivity (Wildman–Crippen MR) is 66.5 cm³/mol. The third kappa shape index (κ3) is 2.43. The van der Waals surface area contributed by atoms with E-state index < -0.39 is 6.10 Å². The minimum atomic E-state index is -0.593. The molecule has 0 saturated carbocycles. The standard InChI is InChI=1S/C13H13NOS/c1-16-12-8-7-11(9-14-12)13(15)10-5-3-2-4-6-10/h2-9,13,15H,1H3. The molecule has 1 aromatic heterocycles. The van der Waals surface area contributed by atoms with Gasteiger partial charge in [0.2, 0.25) is 0 Å². The molecule has 1 aromatic carbocycles. The van der Waals surface area contributed by atoms with Gasteiger partial charge in [0.15, 0.2) is 0 Å². The highest BCUT2D eigenvalue weighted by atomic mass is 32.2. The maximum absolute atomic E-state index is 10.1. The molecule has 2 rings (SSSR count). The smallest absolute Gasteiger partial charge is 0.106 e. The zero-order valence-electron chi connectivity index (χ0n) is 9.00. The average Bonchev–Trinajstić information content (AvgIpc) is 2.39. The van der Waals surface area contributed by atoms with Crippen molar-refractivity contribution >= 4 is 11.8 Å². The molecule has 0 fully saturated rings. The van der Waals surface area contributed by atoms with Gasteiger partial charge in [-0.15, -0.1) is 11.8 Å². The largest absolute Gasteiger partial charge is 0.384 e. The Morgan fingerprint density at radius 3 is 2.38 bits per heavy atom. The number of thioether (sulfide) groups is 1. The first-order chi connectivity index (χ1) is 7.81. The molecule has 0 aliphatic heterocycles. The number of pyridine rings is 1. The van der Waals surface area contributed by atoms with Gasteiger partial charge < -0.3 is 5.11 Å². The molecule has 0 radical (unpaired) electrons. The molecule has 82 valence electrons. The summed E-state index contributed by atoms with van der Waals surface area (Å²) in [5.74, 6) is 0. The van der Waals surface area contributed by atoms with Crippen LogP contribution in [0.15, 0.2) is 53.7 Å². The van der Waals surface area contributed by atoms with Crippen molar-refractivity contribution in [1.82, 2.24) is 4.98 Å². The lowest BCUT2D eigenvalue weighted by atomic mass is 10.0. The number of aliphatic hydroxyl groups is 1. The van der Waals surface area contributed by atoms with Gasteiger partial charge in [-0.05, 0) is 17.9 Å². The number of nitrogens with zero attached hydrogens (tertiary/aromatic N) is 1. The van der Waals surface area contributed by atoms with E-state index in [4.69, 9.17) is 0 Å². The Morgan fingerprint density at radius 1 is 1.06 bits per heavy atom. The first-order valence-electron chi connectivity index (χ1n) is 5.04. The fourth-order valence-corrected chi connectivity index (χ4v) is 1.86. The summed E-state index contributed by atoms with van der Waals surface area (Å²) in [5, 5.41) is 11.1. The Morgan fingerprint density at radius 2 is 1.81 bits per heavy atom. The fraction of sp³-hybridized carbons (Fsp3) is 0.154. The molecule has 0 aliphatic carbocycles. The zero-order valence-corrected chi connectivity index (χ0v) is 9.82. The van der Waals surface area contributed by atoms with E-state index in [9.17, 15) is 5.11 Å². The molecular weight excluding hydrogens is 218 g/mol. The van der Waals surface area contributed by atoms with Crippen LogP contribution in [-0.2, 0) is 0 Å². The molecule has 2 nitrogen and oxygen atoms in total. The molecule has 3 heteroatoms. The maximum Gasteiger partial charge on any atom is 0.106 e. The molecule has 1 heterocycles. The number of aromatic nitrogens is 1. The van der Waals surface area contributed by atoms with Gasteiger partial charge in [-0.25, -0.2) is 4.98 Å². The van der Waals surface area contributed by atoms with Crippen LogP contribution in [0, 0.1) is 0 Å². The Labute approximate surface area is 99.4 Å². The lowest BCUT2D eigenvalue weighted by Crippen LogP contribution is -1.99. The lowest BCUT2D eigenvalue weighted by Gasteiger charge is -2.10. The van der Waals surface area contributed by atoms with Crippen LogP contribution in [0.2, 0.25) is 0 Å². The summed E-state index contributed by atoms with van der Waals surface area (Å²) in [7, 11) is 0. The van der Waals surface area contributed by atoms with E-state index >= 15 is 0 Å². The fourth-order valence-electron chi connectivity index (χ4n) is 1.50. The summed E-state index contributed by atoms with van der Waals surface area (Å²) >= 11 is 1.59. The molecule has 1 unspecified atom stereocenters. The molecule has 0 bridgehead atoms. The van der Waals surface area contributed by atoms with Crippen LogP contribution >= 0.6 is 11.8 Å². The van der Waals surface area contributed by atoms with Crippen LogP contribution in [0.25, 0.3) is 0 Å². The van der Waals surface area contributed by atoms with Gasteiger partial charge in [-0.3, -0.25) is 0 Å². The third-order valence-electron chi connectivity index (χ3n) is 2.40. The molecular formula is C13H13NOS. The highest BCUT2D eigenvalue weighted by Crippen LogP contribution is 2.22. The van der Waals surface area contributed by atoms with Crippen molar-refractivity contribution in [2.45, 2.75) is 11.1 Å². The summed E-state index contributed by atoms with van der Waals surface area (Å²) in [6.45, 7) is 0. The van der Waals surface area contributed by atoms with Crippen molar-refractivity contribution < 1.29 is 5.11 Å². The van der Waals surface area contributed by atoms with E-state index in [2.05, 4.69) is 4.98 Å². The van der Waals surface area contributed by atoms with Crippen molar-refractivity contribution in [3.05, 3.63) is 59.8 Å². The van der Waals surface area contributed by atoms with Crippen LogP contribution in [0.5, 0.6) is 0 Å². The van der Waals surface area contributed by atoms with E-state index in [1.165, 1.54) is 0 Å². The number of hydrogen-bond acceptors (Lipinski definition) is 3. The summed E-state index contributed by atoms with van der Waals surface area (Å²) in [5.41, 5.74) is 1.71. The second-order valence-corrected chi connectivity index (χ2v) is 4.27. The van der Waals surface area contributed by atoms with E-state index in [0.717, 1.165) is 16.2 Å². The summed E-state index contributed by atoms with van der Waals surface area (Å²) in [6, 6.07) is 13.4. The minimum Gasteiger partial charge on any atom is -0.384 e. The molecule has 2 aromatic rings. The quantitative estimate of drug-likeness (QED) is 0.824. The van der Waals surface area contributed by atoms with Crippen LogP contribution in [0.1, 0.15) is 17.2 Å². The minimum absolute atomic E-state index is 0.593. The van der Waals surface area contributed by atoms with Gasteiger partial charge in [0, 0.05) is 11.8 Å². The van der Waals surface area contributed by atoms with Gasteiger partial charge in [0.1, 0.15) is 6.10 Å². The monoisotopic (exact) mass is 231 g/mol. The normalized spacial score (nSPS) is 12.4. The average molecular weight is 231 g/mol. The third-order valence-corrected chi connectivity index (χ3v) is 3.06. The van der Waals surface area contributed by atoms with Crippen LogP contribution in [-0.4, -0.2) is 16.3 Å².